The van der Waals surface area contributed by atoms with E-state index >= 15 is 0 Å². The molecule has 1 rings (SSSR count). The molecule has 2 nitrogen and oxygen atoms in total. The number of aromatic nitrogens is 1. The molecule has 6 heteroatoms. The second-order valence-corrected chi connectivity index (χ2v) is 3.01. The van der Waals surface area contributed by atoms with E-state index in [4.69, 9.17) is 5.26 Å². The highest BCUT2D eigenvalue weighted by atomic mass is 79.9. The normalized spacial score (nSPS) is 11.0. The van der Waals surface area contributed by atoms with Crippen LogP contribution in [0.1, 0.15) is 11.1 Å². The van der Waals surface area contributed by atoms with Crippen molar-refractivity contribution in [2.24, 2.45) is 0 Å². The van der Waals surface area contributed by atoms with Crippen molar-refractivity contribution in [2.75, 3.05) is 0 Å². The average Bonchev–Trinajstić information content (AvgIpc) is 2.02. The Morgan fingerprint density at radius 1 is 1.38 bits per heavy atom. The summed E-state index contributed by atoms with van der Waals surface area (Å²) in [6, 6.07) is 1.46. The molecule has 0 saturated heterocycles. The topological polar surface area (TPSA) is 36.7 Å². The van der Waals surface area contributed by atoms with Crippen LogP contribution in [0.5, 0.6) is 0 Å². The molecule has 0 fully saturated rings. The Morgan fingerprint density at radius 3 is 2.38 bits per heavy atom. The first kappa shape index (κ1) is 9.99. The maximum absolute atomic E-state index is 12.2. The number of hydrogen-bond donors (Lipinski definition) is 0. The maximum Gasteiger partial charge on any atom is 0.419 e. The minimum Gasteiger partial charge on any atom is -0.263 e. The molecule has 0 aliphatic rings. The fourth-order valence-corrected chi connectivity index (χ4v) is 1.18. The van der Waals surface area contributed by atoms with E-state index in [-0.39, 0.29) is 4.47 Å². The summed E-state index contributed by atoms with van der Waals surface area (Å²) in [5.41, 5.74) is -1.47. The zero-order chi connectivity index (χ0) is 10.1. The summed E-state index contributed by atoms with van der Waals surface area (Å²) in [5, 5.41) is 8.45. The summed E-state index contributed by atoms with van der Waals surface area (Å²) in [6.07, 6.45) is -2.76. The molecule has 0 aromatic carbocycles. The summed E-state index contributed by atoms with van der Waals surface area (Å²) < 4.78 is 36.7. The molecule has 0 atom stereocenters. The van der Waals surface area contributed by atoms with E-state index in [1.54, 1.807) is 0 Å². The van der Waals surface area contributed by atoms with Crippen LogP contribution in [0.2, 0.25) is 0 Å². The third-order valence-electron chi connectivity index (χ3n) is 1.32. The van der Waals surface area contributed by atoms with Gasteiger partial charge in [-0.2, -0.15) is 18.4 Å². The van der Waals surface area contributed by atoms with Crippen molar-refractivity contribution < 1.29 is 13.2 Å². The SMILES string of the molecule is N#Cc1c(Br)cncc1C(F)(F)F. The molecule has 1 aromatic heterocycles. The van der Waals surface area contributed by atoms with Gasteiger partial charge in [-0.15, -0.1) is 0 Å². The van der Waals surface area contributed by atoms with Crippen LogP contribution in [-0.4, -0.2) is 4.98 Å². The summed E-state index contributed by atoms with van der Waals surface area (Å²) in [7, 11) is 0. The van der Waals surface area contributed by atoms with E-state index in [0.717, 1.165) is 6.20 Å². The quantitative estimate of drug-likeness (QED) is 0.710. The third kappa shape index (κ3) is 1.98. The third-order valence-corrected chi connectivity index (χ3v) is 1.92. The van der Waals surface area contributed by atoms with E-state index in [9.17, 15) is 13.2 Å². The van der Waals surface area contributed by atoms with Gasteiger partial charge in [0.15, 0.2) is 0 Å². The highest BCUT2D eigenvalue weighted by Crippen LogP contribution is 2.33. The zero-order valence-corrected chi connectivity index (χ0v) is 7.65. The molecular formula is C7H2BrF3N2. The minimum absolute atomic E-state index is 0.0461. The van der Waals surface area contributed by atoms with Gasteiger partial charge in [-0.3, -0.25) is 4.98 Å². The lowest BCUT2D eigenvalue weighted by molar-refractivity contribution is -0.138. The Morgan fingerprint density at radius 2 is 2.00 bits per heavy atom. The second kappa shape index (κ2) is 3.34. The first-order chi connectivity index (χ1) is 5.96. The van der Waals surface area contributed by atoms with Crippen molar-refractivity contribution in [1.29, 1.82) is 5.26 Å². The van der Waals surface area contributed by atoms with Gasteiger partial charge in [-0.1, -0.05) is 0 Å². The standard InChI is InChI=1S/C7H2BrF3N2/c8-6-3-13-2-5(4(6)1-12)7(9,10)11/h2-3H. The fourth-order valence-electron chi connectivity index (χ4n) is 0.764. The van der Waals surface area contributed by atoms with Gasteiger partial charge in [0.25, 0.3) is 0 Å². The number of halogens is 4. The van der Waals surface area contributed by atoms with Gasteiger partial charge in [0.1, 0.15) is 6.07 Å². The van der Waals surface area contributed by atoms with E-state index in [2.05, 4.69) is 20.9 Å². The molecule has 0 amide bonds. The smallest absolute Gasteiger partial charge is 0.263 e. The van der Waals surface area contributed by atoms with Gasteiger partial charge in [-0.05, 0) is 15.9 Å². The molecule has 0 bridgehead atoms. The van der Waals surface area contributed by atoms with Crippen LogP contribution in [0.15, 0.2) is 16.9 Å². The summed E-state index contributed by atoms with van der Waals surface area (Å²) >= 11 is 2.81. The molecule has 0 unspecified atom stereocenters. The summed E-state index contributed by atoms with van der Waals surface area (Å²) in [6.45, 7) is 0. The molecule has 0 aliphatic carbocycles. The molecular weight excluding hydrogens is 249 g/mol. The Hall–Kier alpha value is -1.09. The molecule has 1 aromatic rings. The minimum atomic E-state index is -4.54. The average molecular weight is 251 g/mol. The van der Waals surface area contributed by atoms with Gasteiger partial charge in [0.2, 0.25) is 0 Å². The molecule has 0 aliphatic heterocycles. The highest BCUT2D eigenvalue weighted by molar-refractivity contribution is 9.10. The van der Waals surface area contributed by atoms with E-state index < -0.39 is 17.3 Å². The van der Waals surface area contributed by atoms with Crippen LogP contribution in [0.3, 0.4) is 0 Å². The van der Waals surface area contributed by atoms with Crippen molar-refractivity contribution >= 4 is 15.9 Å². The van der Waals surface area contributed by atoms with Gasteiger partial charge in [0, 0.05) is 12.4 Å². The zero-order valence-electron chi connectivity index (χ0n) is 6.06. The van der Waals surface area contributed by atoms with E-state index in [0.29, 0.717) is 6.20 Å². The van der Waals surface area contributed by atoms with Crippen LogP contribution in [-0.2, 0) is 6.18 Å². The van der Waals surface area contributed by atoms with E-state index in [1.165, 1.54) is 6.07 Å². The molecule has 0 N–H and O–H groups in total. The van der Waals surface area contributed by atoms with Crippen molar-refractivity contribution in [3.63, 3.8) is 0 Å². The van der Waals surface area contributed by atoms with Crippen LogP contribution < -0.4 is 0 Å². The van der Waals surface area contributed by atoms with Crippen molar-refractivity contribution in [1.82, 2.24) is 4.98 Å². The Balaban J connectivity index is 3.40. The van der Waals surface area contributed by atoms with Gasteiger partial charge in [-0.25, -0.2) is 0 Å². The molecule has 0 radical (unpaired) electrons. The first-order valence-electron chi connectivity index (χ1n) is 3.07. The van der Waals surface area contributed by atoms with Crippen LogP contribution >= 0.6 is 15.9 Å². The maximum atomic E-state index is 12.2. The predicted molar refractivity (Wildman–Crippen MR) is 41.7 cm³/mol. The van der Waals surface area contributed by atoms with Gasteiger partial charge < -0.3 is 0 Å². The monoisotopic (exact) mass is 250 g/mol. The Labute approximate surface area is 80.1 Å². The molecule has 13 heavy (non-hydrogen) atoms. The lowest BCUT2D eigenvalue weighted by Crippen LogP contribution is -2.08. The van der Waals surface area contributed by atoms with Gasteiger partial charge in [0.05, 0.1) is 15.6 Å². The van der Waals surface area contributed by atoms with E-state index in [1.807, 2.05) is 0 Å². The number of nitrogens with zero attached hydrogens (tertiary/aromatic N) is 2. The predicted octanol–water partition coefficient (Wildman–Crippen LogP) is 2.73. The van der Waals surface area contributed by atoms with Gasteiger partial charge >= 0.3 is 6.18 Å². The van der Waals surface area contributed by atoms with Crippen molar-refractivity contribution in [3.05, 3.63) is 28.0 Å². The molecule has 68 valence electrons. The van der Waals surface area contributed by atoms with Crippen LogP contribution in [0, 0.1) is 11.3 Å². The first-order valence-corrected chi connectivity index (χ1v) is 3.87. The fraction of sp³-hybridized carbons (Fsp3) is 0.143. The molecule has 0 saturated carbocycles. The number of alkyl halides is 3. The number of rotatable bonds is 0. The summed E-state index contributed by atoms with van der Waals surface area (Å²) in [5.74, 6) is 0. The van der Waals surface area contributed by atoms with Crippen LogP contribution in [0.4, 0.5) is 13.2 Å². The lowest BCUT2D eigenvalue weighted by atomic mass is 10.1. The number of pyridine rings is 1. The number of hydrogen-bond acceptors (Lipinski definition) is 2. The lowest BCUT2D eigenvalue weighted by Gasteiger charge is -2.07. The van der Waals surface area contributed by atoms with Crippen molar-refractivity contribution in [3.8, 4) is 6.07 Å². The number of nitriles is 1. The largest absolute Gasteiger partial charge is 0.419 e. The Bertz CT molecular complexity index is 367. The highest BCUT2D eigenvalue weighted by Gasteiger charge is 2.34. The molecule has 0 spiro atoms. The molecule has 1 heterocycles. The second-order valence-electron chi connectivity index (χ2n) is 2.15. The van der Waals surface area contributed by atoms with Crippen LogP contribution in [0.25, 0.3) is 0 Å². The Kier molecular flexibility index (Phi) is 2.57. The summed E-state index contributed by atoms with van der Waals surface area (Å²) in [4.78, 5) is 3.34. The van der Waals surface area contributed by atoms with Crippen molar-refractivity contribution in [2.45, 2.75) is 6.18 Å².